The highest BCUT2D eigenvalue weighted by Gasteiger charge is 2.35. The Labute approximate surface area is 117 Å². The Morgan fingerprint density at radius 2 is 2.32 bits per heavy atom. The normalized spacial score (nSPS) is 21.3. The van der Waals surface area contributed by atoms with E-state index >= 15 is 0 Å². The van der Waals surface area contributed by atoms with E-state index in [1.54, 1.807) is 13.2 Å². The second kappa shape index (κ2) is 5.80. The predicted molar refractivity (Wildman–Crippen MR) is 73.8 cm³/mol. The molecule has 5 heteroatoms. The number of carbonyl (C=O) groups is 1. The van der Waals surface area contributed by atoms with E-state index in [4.69, 9.17) is 16.3 Å². The van der Waals surface area contributed by atoms with E-state index in [0.29, 0.717) is 11.4 Å². The molecule has 1 saturated heterocycles. The summed E-state index contributed by atoms with van der Waals surface area (Å²) in [5, 5.41) is 9.89. The van der Waals surface area contributed by atoms with Crippen LogP contribution in [0.25, 0.3) is 0 Å². The molecule has 1 N–H and O–H groups in total. The first-order valence-corrected chi connectivity index (χ1v) is 6.74. The third-order valence-electron chi connectivity index (χ3n) is 3.72. The zero-order chi connectivity index (χ0) is 14.0. The van der Waals surface area contributed by atoms with Gasteiger partial charge in [-0.2, -0.15) is 0 Å². The average Bonchev–Trinajstić information content (AvgIpc) is 2.87. The van der Waals surface area contributed by atoms with Gasteiger partial charge in [-0.25, -0.2) is 0 Å². The summed E-state index contributed by atoms with van der Waals surface area (Å²) in [6.45, 7) is 2.78. The molecule has 1 fully saturated rings. The molecular formula is C14H18ClNO3. The van der Waals surface area contributed by atoms with Crippen LogP contribution in [0.5, 0.6) is 5.75 Å². The zero-order valence-corrected chi connectivity index (χ0v) is 11.9. The van der Waals surface area contributed by atoms with Gasteiger partial charge in [-0.05, 0) is 44.5 Å². The van der Waals surface area contributed by atoms with Crippen molar-refractivity contribution in [1.82, 2.24) is 4.90 Å². The number of hydrogen-bond donors (Lipinski definition) is 1. The summed E-state index contributed by atoms with van der Waals surface area (Å²) in [5.41, 5.74) is 0.933. The lowest BCUT2D eigenvalue weighted by Crippen LogP contribution is -2.37. The lowest BCUT2D eigenvalue weighted by molar-refractivity contribution is -0.142. The Morgan fingerprint density at radius 3 is 2.95 bits per heavy atom. The van der Waals surface area contributed by atoms with Gasteiger partial charge >= 0.3 is 5.97 Å². The van der Waals surface area contributed by atoms with Crippen molar-refractivity contribution in [2.75, 3.05) is 13.7 Å². The molecule has 0 spiro atoms. The summed E-state index contributed by atoms with van der Waals surface area (Å²) >= 11 is 6.03. The highest BCUT2D eigenvalue weighted by Crippen LogP contribution is 2.35. The molecule has 1 heterocycles. The first kappa shape index (κ1) is 14.2. The van der Waals surface area contributed by atoms with Crippen LogP contribution in [0, 0.1) is 0 Å². The maximum absolute atomic E-state index is 11.3. The predicted octanol–water partition coefficient (Wildman–Crippen LogP) is 2.96. The Bertz CT molecular complexity index is 478. The van der Waals surface area contributed by atoms with Gasteiger partial charge < -0.3 is 9.84 Å². The van der Waals surface area contributed by atoms with Crippen molar-refractivity contribution in [3.63, 3.8) is 0 Å². The number of benzene rings is 1. The highest BCUT2D eigenvalue weighted by molar-refractivity contribution is 6.30. The van der Waals surface area contributed by atoms with Crippen molar-refractivity contribution in [2.45, 2.75) is 31.8 Å². The molecule has 1 aromatic carbocycles. The second-order valence-corrected chi connectivity index (χ2v) is 5.23. The highest BCUT2D eigenvalue weighted by atomic mass is 35.5. The molecule has 2 rings (SSSR count). The van der Waals surface area contributed by atoms with E-state index in [9.17, 15) is 9.90 Å². The Kier molecular flexibility index (Phi) is 4.32. The van der Waals surface area contributed by atoms with Crippen LogP contribution in [0.4, 0.5) is 0 Å². The van der Waals surface area contributed by atoms with Crippen LogP contribution in [-0.2, 0) is 4.79 Å². The minimum absolute atomic E-state index is 0.0303. The summed E-state index contributed by atoms with van der Waals surface area (Å²) in [7, 11) is 1.61. The molecule has 0 amide bonds. The van der Waals surface area contributed by atoms with Gasteiger partial charge in [-0.1, -0.05) is 11.6 Å². The summed E-state index contributed by atoms with van der Waals surface area (Å²) in [6, 6.07) is 4.99. The first-order valence-electron chi connectivity index (χ1n) is 6.36. The minimum atomic E-state index is -0.759. The Balaban J connectivity index is 2.30. The van der Waals surface area contributed by atoms with Gasteiger partial charge in [-0.3, -0.25) is 9.69 Å². The van der Waals surface area contributed by atoms with E-state index in [2.05, 4.69) is 0 Å². The molecule has 0 radical (unpaired) electrons. The molecular weight excluding hydrogens is 266 g/mol. The summed E-state index contributed by atoms with van der Waals surface area (Å²) in [6.07, 6.45) is 1.60. The van der Waals surface area contributed by atoms with E-state index in [1.165, 1.54) is 0 Å². The molecule has 1 aromatic rings. The Morgan fingerprint density at radius 1 is 1.58 bits per heavy atom. The van der Waals surface area contributed by atoms with Crippen molar-refractivity contribution >= 4 is 17.6 Å². The molecule has 4 nitrogen and oxygen atoms in total. The van der Waals surface area contributed by atoms with Crippen molar-refractivity contribution in [3.05, 3.63) is 28.8 Å². The SMILES string of the molecule is COc1ccc(Cl)cc1C(C)N1CCCC1C(=O)O. The number of nitrogens with zero attached hydrogens (tertiary/aromatic N) is 1. The summed E-state index contributed by atoms with van der Waals surface area (Å²) in [5.74, 6) is -0.0155. The third kappa shape index (κ3) is 2.85. The fourth-order valence-corrected chi connectivity index (χ4v) is 2.91. The van der Waals surface area contributed by atoms with Gasteiger partial charge in [0.05, 0.1) is 7.11 Å². The molecule has 0 aliphatic carbocycles. The van der Waals surface area contributed by atoms with E-state index in [0.717, 1.165) is 24.3 Å². The topological polar surface area (TPSA) is 49.8 Å². The molecule has 0 aromatic heterocycles. The maximum atomic E-state index is 11.3. The van der Waals surface area contributed by atoms with Crippen LogP contribution < -0.4 is 4.74 Å². The van der Waals surface area contributed by atoms with Crippen molar-refractivity contribution < 1.29 is 14.6 Å². The molecule has 1 aliphatic heterocycles. The van der Waals surface area contributed by atoms with Crippen molar-refractivity contribution in [2.24, 2.45) is 0 Å². The lowest BCUT2D eigenvalue weighted by Gasteiger charge is -2.29. The zero-order valence-electron chi connectivity index (χ0n) is 11.1. The van der Waals surface area contributed by atoms with Gasteiger partial charge in [0.1, 0.15) is 11.8 Å². The number of halogens is 1. The molecule has 0 saturated carbocycles. The molecule has 2 atom stereocenters. The summed E-state index contributed by atoms with van der Waals surface area (Å²) in [4.78, 5) is 13.3. The summed E-state index contributed by atoms with van der Waals surface area (Å²) < 4.78 is 5.34. The van der Waals surface area contributed by atoms with Gasteiger partial charge in [0.25, 0.3) is 0 Å². The largest absolute Gasteiger partial charge is 0.496 e. The number of likely N-dealkylation sites (tertiary alicyclic amines) is 1. The standard InChI is InChI=1S/C14H18ClNO3/c1-9(16-7-3-4-12(16)14(17)18)11-8-10(15)5-6-13(11)19-2/h5-6,8-9,12H,3-4,7H2,1-2H3,(H,17,18). The van der Waals surface area contributed by atoms with E-state index in [-0.39, 0.29) is 6.04 Å². The minimum Gasteiger partial charge on any atom is -0.496 e. The number of ether oxygens (including phenoxy) is 1. The van der Waals surface area contributed by atoms with Crippen LogP contribution in [0.2, 0.25) is 5.02 Å². The van der Waals surface area contributed by atoms with Crippen LogP contribution >= 0.6 is 11.6 Å². The number of methoxy groups -OCH3 is 1. The van der Waals surface area contributed by atoms with Gasteiger partial charge in [0.15, 0.2) is 0 Å². The van der Waals surface area contributed by atoms with Crippen LogP contribution in [0.1, 0.15) is 31.4 Å². The second-order valence-electron chi connectivity index (χ2n) is 4.80. The quantitative estimate of drug-likeness (QED) is 0.923. The van der Waals surface area contributed by atoms with Crippen LogP contribution in [-0.4, -0.2) is 35.7 Å². The fraction of sp³-hybridized carbons (Fsp3) is 0.500. The number of carboxylic acid groups (broad SMARTS) is 1. The number of rotatable bonds is 4. The molecule has 0 bridgehead atoms. The van der Waals surface area contributed by atoms with Crippen LogP contribution in [0.3, 0.4) is 0 Å². The van der Waals surface area contributed by atoms with Gasteiger partial charge in [0, 0.05) is 16.6 Å². The van der Waals surface area contributed by atoms with Gasteiger partial charge in [-0.15, -0.1) is 0 Å². The molecule has 1 aliphatic rings. The van der Waals surface area contributed by atoms with E-state index < -0.39 is 12.0 Å². The lowest BCUT2D eigenvalue weighted by atomic mass is 10.0. The van der Waals surface area contributed by atoms with Crippen molar-refractivity contribution in [3.8, 4) is 5.75 Å². The monoisotopic (exact) mass is 283 g/mol. The first-order chi connectivity index (χ1) is 9.04. The fourth-order valence-electron chi connectivity index (χ4n) is 2.73. The third-order valence-corrected chi connectivity index (χ3v) is 3.95. The Hall–Kier alpha value is -1.26. The number of hydrogen-bond acceptors (Lipinski definition) is 3. The molecule has 19 heavy (non-hydrogen) atoms. The van der Waals surface area contributed by atoms with Gasteiger partial charge in [0.2, 0.25) is 0 Å². The average molecular weight is 284 g/mol. The van der Waals surface area contributed by atoms with Crippen LogP contribution in [0.15, 0.2) is 18.2 Å². The van der Waals surface area contributed by atoms with Crippen molar-refractivity contribution in [1.29, 1.82) is 0 Å². The molecule has 104 valence electrons. The van der Waals surface area contributed by atoms with E-state index in [1.807, 2.05) is 24.0 Å². The smallest absolute Gasteiger partial charge is 0.320 e. The maximum Gasteiger partial charge on any atom is 0.320 e. The number of aliphatic carboxylic acids is 1. The molecule has 2 unspecified atom stereocenters. The number of carboxylic acids is 1.